The molecule has 64 valence electrons. The Bertz CT molecular complexity index is 378. The van der Waals surface area contributed by atoms with Gasteiger partial charge in [-0.05, 0) is 12.1 Å². The van der Waals surface area contributed by atoms with Crippen LogP contribution in [-0.2, 0) is 0 Å². The van der Waals surface area contributed by atoms with Crippen molar-refractivity contribution >= 4 is 11.5 Å². The molecule has 0 aliphatic rings. The van der Waals surface area contributed by atoms with E-state index in [9.17, 15) is 4.79 Å². The first-order valence-electron chi connectivity index (χ1n) is 3.36. The Hall–Kier alpha value is -2.22. The fourth-order valence-corrected chi connectivity index (χ4v) is 0.752. The Balaban J connectivity index is 3.01. The first-order valence-corrected chi connectivity index (χ1v) is 3.36. The quantitative estimate of drug-likeness (QED) is 0.309. The lowest BCUT2D eigenvalue weighted by atomic mass is 10.1. The average Bonchev–Trinajstić information content (AvgIpc) is 2.21. The van der Waals surface area contributed by atoms with Gasteiger partial charge in [0.25, 0.3) is 0 Å². The lowest BCUT2D eigenvalue weighted by molar-refractivity contribution is 0.106. The van der Waals surface area contributed by atoms with E-state index >= 15 is 0 Å². The average molecular weight is 175 g/mol. The molecule has 0 spiro atoms. The molecule has 0 aliphatic heterocycles. The summed E-state index contributed by atoms with van der Waals surface area (Å²) in [6.45, 7) is 0. The highest BCUT2D eigenvalue weighted by Gasteiger charge is 2.13. The van der Waals surface area contributed by atoms with E-state index in [0.29, 0.717) is 0 Å². The van der Waals surface area contributed by atoms with Gasteiger partial charge in [0.15, 0.2) is 0 Å². The first-order chi connectivity index (χ1) is 6.29. The van der Waals surface area contributed by atoms with Gasteiger partial charge in [-0.3, -0.25) is 9.78 Å². The molecular formula is C8H5N3O2. The van der Waals surface area contributed by atoms with Gasteiger partial charge in [-0.15, -0.1) is 0 Å². The minimum Gasteiger partial charge on any atom is -0.410 e. The maximum atomic E-state index is 11.3. The van der Waals surface area contributed by atoms with Crippen LogP contribution in [0.2, 0.25) is 0 Å². The number of nitrogens with zero attached hydrogens (tertiary/aromatic N) is 3. The van der Waals surface area contributed by atoms with E-state index in [1.54, 1.807) is 6.07 Å². The highest BCUT2D eigenvalue weighted by atomic mass is 16.4. The number of Topliss-reactive ketones (excluding diaryl/α,β-unsaturated/α-hetero) is 1. The molecule has 0 aromatic carbocycles. The zero-order chi connectivity index (χ0) is 9.68. The molecule has 0 saturated carbocycles. The molecular weight excluding hydrogens is 170 g/mol. The van der Waals surface area contributed by atoms with E-state index < -0.39 is 11.5 Å². The smallest absolute Gasteiger partial charge is 0.227 e. The van der Waals surface area contributed by atoms with E-state index in [1.807, 2.05) is 0 Å². The van der Waals surface area contributed by atoms with Crippen LogP contribution >= 0.6 is 0 Å². The van der Waals surface area contributed by atoms with Gasteiger partial charge in [0.1, 0.15) is 6.07 Å². The second-order valence-corrected chi connectivity index (χ2v) is 2.13. The van der Waals surface area contributed by atoms with Crippen molar-refractivity contribution in [3.05, 3.63) is 30.1 Å². The third kappa shape index (κ3) is 1.87. The summed E-state index contributed by atoms with van der Waals surface area (Å²) >= 11 is 0. The molecule has 0 bridgehead atoms. The zero-order valence-electron chi connectivity index (χ0n) is 6.51. The number of oxime groups is 1. The molecule has 5 heteroatoms. The van der Waals surface area contributed by atoms with Crippen molar-refractivity contribution in [2.45, 2.75) is 0 Å². The van der Waals surface area contributed by atoms with Gasteiger partial charge < -0.3 is 5.21 Å². The Morgan fingerprint density at radius 3 is 2.92 bits per heavy atom. The molecule has 0 unspecified atom stereocenters. The highest BCUT2D eigenvalue weighted by molar-refractivity contribution is 6.51. The molecule has 13 heavy (non-hydrogen) atoms. The summed E-state index contributed by atoms with van der Waals surface area (Å²) in [6.07, 6.45) is 2.80. The molecule has 0 radical (unpaired) electrons. The van der Waals surface area contributed by atoms with E-state index in [2.05, 4.69) is 10.1 Å². The zero-order valence-corrected chi connectivity index (χ0v) is 6.51. The van der Waals surface area contributed by atoms with Crippen LogP contribution in [0.3, 0.4) is 0 Å². The predicted molar refractivity (Wildman–Crippen MR) is 43.4 cm³/mol. The van der Waals surface area contributed by atoms with Crippen molar-refractivity contribution in [3.8, 4) is 6.07 Å². The lowest BCUT2D eigenvalue weighted by Gasteiger charge is -1.93. The molecule has 1 heterocycles. The van der Waals surface area contributed by atoms with Crippen LogP contribution in [0.5, 0.6) is 0 Å². The van der Waals surface area contributed by atoms with Gasteiger partial charge in [0, 0.05) is 18.0 Å². The van der Waals surface area contributed by atoms with Crippen LogP contribution in [0.25, 0.3) is 0 Å². The normalized spacial score (nSPS) is 10.5. The van der Waals surface area contributed by atoms with E-state index in [-0.39, 0.29) is 5.56 Å². The van der Waals surface area contributed by atoms with Crippen LogP contribution in [0.15, 0.2) is 29.7 Å². The van der Waals surface area contributed by atoms with Crippen molar-refractivity contribution in [1.29, 1.82) is 5.26 Å². The number of pyridine rings is 1. The van der Waals surface area contributed by atoms with Crippen LogP contribution in [-0.4, -0.2) is 21.7 Å². The summed E-state index contributed by atoms with van der Waals surface area (Å²) in [5.74, 6) is -0.641. The molecule has 5 nitrogen and oxygen atoms in total. The van der Waals surface area contributed by atoms with Gasteiger partial charge in [0.05, 0.1) is 0 Å². The lowest BCUT2D eigenvalue weighted by Crippen LogP contribution is -2.12. The molecule has 0 atom stereocenters. The van der Waals surface area contributed by atoms with Gasteiger partial charge >= 0.3 is 0 Å². The SMILES string of the molecule is N#C/C(=N\O)C(=O)c1cccnc1. The molecule has 1 aromatic rings. The second kappa shape index (κ2) is 3.97. The van der Waals surface area contributed by atoms with Crippen LogP contribution in [0.1, 0.15) is 10.4 Å². The third-order valence-corrected chi connectivity index (χ3v) is 1.34. The molecule has 1 rings (SSSR count). The fraction of sp³-hybridized carbons (Fsp3) is 0. The van der Waals surface area contributed by atoms with Crippen molar-refractivity contribution in [1.82, 2.24) is 4.98 Å². The monoisotopic (exact) mass is 175 g/mol. The molecule has 0 saturated heterocycles. The van der Waals surface area contributed by atoms with Gasteiger partial charge in [-0.2, -0.15) is 5.26 Å². The van der Waals surface area contributed by atoms with Crippen molar-refractivity contribution in [2.75, 3.05) is 0 Å². The number of carbonyl (C=O) groups excluding carboxylic acids is 1. The number of hydrogen-bond donors (Lipinski definition) is 1. The highest BCUT2D eigenvalue weighted by Crippen LogP contribution is 1.98. The summed E-state index contributed by atoms with van der Waals surface area (Å²) in [7, 11) is 0. The van der Waals surface area contributed by atoms with Crippen LogP contribution < -0.4 is 0 Å². The Labute approximate surface area is 73.9 Å². The summed E-state index contributed by atoms with van der Waals surface area (Å²) < 4.78 is 0. The predicted octanol–water partition coefficient (Wildman–Crippen LogP) is 0.618. The van der Waals surface area contributed by atoms with Crippen molar-refractivity contribution < 1.29 is 10.0 Å². The van der Waals surface area contributed by atoms with Crippen LogP contribution in [0, 0.1) is 11.3 Å². The van der Waals surface area contributed by atoms with Crippen molar-refractivity contribution in [3.63, 3.8) is 0 Å². The van der Waals surface area contributed by atoms with Crippen LogP contribution in [0.4, 0.5) is 0 Å². The first kappa shape index (κ1) is 8.87. The standard InChI is InChI=1S/C8H5N3O2/c9-4-7(11-13)8(12)6-2-1-3-10-5-6/h1-3,5,13H/b11-7+. The number of nitriles is 1. The Morgan fingerprint density at radius 2 is 2.46 bits per heavy atom. The molecule has 0 aliphatic carbocycles. The second-order valence-electron chi connectivity index (χ2n) is 2.13. The van der Waals surface area contributed by atoms with E-state index in [1.165, 1.54) is 24.5 Å². The van der Waals surface area contributed by atoms with E-state index in [0.717, 1.165) is 0 Å². The minimum atomic E-state index is -0.641. The number of ketones is 1. The van der Waals surface area contributed by atoms with Crippen molar-refractivity contribution in [2.24, 2.45) is 5.16 Å². The summed E-state index contributed by atoms with van der Waals surface area (Å²) in [5, 5.41) is 19.2. The van der Waals surface area contributed by atoms with E-state index in [4.69, 9.17) is 10.5 Å². The van der Waals surface area contributed by atoms with Gasteiger partial charge in [-0.25, -0.2) is 0 Å². The Kier molecular flexibility index (Phi) is 2.71. The number of aromatic nitrogens is 1. The number of hydrogen-bond acceptors (Lipinski definition) is 5. The molecule has 1 aromatic heterocycles. The maximum absolute atomic E-state index is 11.3. The fourth-order valence-electron chi connectivity index (χ4n) is 0.752. The summed E-state index contributed by atoms with van der Waals surface area (Å²) in [6, 6.07) is 4.51. The molecule has 1 N–H and O–H groups in total. The Morgan fingerprint density at radius 1 is 1.69 bits per heavy atom. The topological polar surface area (TPSA) is 86.3 Å². The maximum Gasteiger partial charge on any atom is 0.227 e. The van der Waals surface area contributed by atoms with Gasteiger partial charge in [0.2, 0.25) is 11.5 Å². The summed E-state index contributed by atoms with van der Waals surface area (Å²) in [4.78, 5) is 14.9. The molecule has 0 amide bonds. The minimum absolute atomic E-state index is 0.219. The number of rotatable bonds is 2. The largest absolute Gasteiger partial charge is 0.410 e. The number of carbonyl (C=O) groups is 1. The summed E-state index contributed by atoms with van der Waals surface area (Å²) in [5.41, 5.74) is -0.329. The van der Waals surface area contributed by atoms with Gasteiger partial charge in [-0.1, -0.05) is 5.16 Å². The third-order valence-electron chi connectivity index (χ3n) is 1.34. The molecule has 0 fully saturated rings.